The minimum absolute atomic E-state index is 0.00610. The lowest BCUT2D eigenvalue weighted by Crippen LogP contribution is -2.51. The number of carbonyl (C=O) groups is 1. The molecule has 4 aliphatic carbocycles. The molecule has 1 atom stereocenters. The number of nitrogens with one attached hydrogen (secondary N) is 1. The molecular formula is C22H26N4O3S2. The van der Waals surface area contributed by atoms with Crippen LogP contribution in [0.4, 0.5) is 10.8 Å². The number of rotatable bonds is 4. The topological polar surface area (TPSA) is 92.3 Å². The fraction of sp³-hybridized carbons (Fsp3) is 0.591. The SMILES string of the molecule is C[C@H]1Cc2ccccc2N1S(=O)(=O)c1nnc(NC(=O)C23CC4CC(CC(C4)C2)C3)s1. The second-order valence-corrected chi connectivity index (χ2v) is 13.0. The van der Waals surface area contributed by atoms with Crippen molar-refractivity contribution in [1.82, 2.24) is 10.2 Å². The maximum atomic E-state index is 13.3. The summed E-state index contributed by atoms with van der Waals surface area (Å²) in [5.41, 5.74) is 1.41. The van der Waals surface area contributed by atoms with Gasteiger partial charge in [-0.1, -0.05) is 29.5 Å². The first-order valence-electron chi connectivity index (χ1n) is 11.1. The van der Waals surface area contributed by atoms with E-state index in [1.807, 2.05) is 31.2 Å². The number of fused-ring (bicyclic) bond motifs is 1. The van der Waals surface area contributed by atoms with Crippen LogP contribution in [0.2, 0.25) is 0 Å². The Kier molecular flexibility index (Phi) is 4.28. The summed E-state index contributed by atoms with van der Waals surface area (Å²) < 4.78 is 28.1. The molecule has 31 heavy (non-hydrogen) atoms. The fourth-order valence-corrected chi connectivity index (χ4v) is 9.64. The number of hydrogen-bond acceptors (Lipinski definition) is 6. The Balaban J connectivity index is 1.24. The first kappa shape index (κ1) is 19.7. The Morgan fingerprint density at radius 1 is 1.10 bits per heavy atom. The van der Waals surface area contributed by atoms with Gasteiger partial charge < -0.3 is 5.32 Å². The number of benzene rings is 1. The second-order valence-electron chi connectivity index (χ2n) is 10.0. The Morgan fingerprint density at radius 3 is 2.42 bits per heavy atom. The number of aromatic nitrogens is 2. The van der Waals surface area contributed by atoms with Crippen LogP contribution in [0.1, 0.15) is 51.0 Å². The van der Waals surface area contributed by atoms with E-state index in [-0.39, 0.29) is 26.8 Å². The highest BCUT2D eigenvalue weighted by molar-refractivity contribution is 7.94. The van der Waals surface area contributed by atoms with E-state index >= 15 is 0 Å². The van der Waals surface area contributed by atoms with Gasteiger partial charge in [-0.05, 0) is 81.3 Å². The predicted molar refractivity (Wildman–Crippen MR) is 118 cm³/mol. The van der Waals surface area contributed by atoms with Gasteiger partial charge in [0, 0.05) is 6.04 Å². The Morgan fingerprint density at radius 2 is 1.74 bits per heavy atom. The van der Waals surface area contributed by atoms with Gasteiger partial charge in [-0.2, -0.15) is 8.42 Å². The molecule has 2 aromatic rings. The maximum absolute atomic E-state index is 13.3. The number of para-hydroxylation sites is 1. The van der Waals surface area contributed by atoms with Gasteiger partial charge in [0.25, 0.3) is 14.4 Å². The van der Waals surface area contributed by atoms with Crippen LogP contribution in [0.25, 0.3) is 0 Å². The lowest BCUT2D eigenvalue weighted by atomic mass is 9.49. The van der Waals surface area contributed by atoms with Gasteiger partial charge in [0.05, 0.1) is 11.1 Å². The molecule has 0 radical (unpaired) electrons. The quantitative estimate of drug-likeness (QED) is 0.703. The van der Waals surface area contributed by atoms with E-state index in [4.69, 9.17) is 0 Å². The van der Waals surface area contributed by atoms with Crippen molar-refractivity contribution in [3.05, 3.63) is 29.8 Å². The van der Waals surface area contributed by atoms with Gasteiger partial charge in [-0.25, -0.2) is 0 Å². The summed E-state index contributed by atoms with van der Waals surface area (Å²) in [7, 11) is -3.83. The van der Waals surface area contributed by atoms with Gasteiger partial charge in [0.1, 0.15) is 0 Å². The molecule has 1 amide bonds. The smallest absolute Gasteiger partial charge is 0.293 e. The second kappa shape index (κ2) is 6.75. The van der Waals surface area contributed by atoms with Gasteiger partial charge in [-0.3, -0.25) is 9.10 Å². The first-order valence-corrected chi connectivity index (χ1v) is 13.4. The van der Waals surface area contributed by atoms with Crippen molar-refractivity contribution in [3.8, 4) is 0 Å². The third-order valence-corrected chi connectivity index (χ3v) is 10.9. The van der Waals surface area contributed by atoms with Crippen LogP contribution in [0.15, 0.2) is 28.6 Å². The molecule has 164 valence electrons. The van der Waals surface area contributed by atoms with Crippen LogP contribution < -0.4 is 9.62 Å². The molecule has 0 unspecified atom stereocenters. The van der Waals surface area contributed by atoms with E-state index in [0.717, 1.165) is 36.2 Å². The zero-order valence-corrected chi connectivity index (χ0v) is 19.1. The summed E-state index contributed by atoms with van der Waals surface area (Å²) >= 11 is 0.952. The van der Waals surface area contributed by atoms with Crippen molar-refractivity contribution < 1.29 is 13.2 Å². The molecule has 4 bridgehead atoms. The van der Waals surface area contributed by atoms with Crippen molar-refractivity contribution in [2.24, 2.45) is 23.2 Å². The van der Waals surface area contributed by atoms with Gasteiger partial charge in [0.2, 0.25) is 11.0 Å². The monoisotopic (exact) mass is 458 g/mol. The summed E-state index contributed by atoms with van der Waals surface area (Å²) in [6, 6.07) is 7.36. The zero-order chi connectivity index (χ0) is 21.4. The van der Waals surface area contributed by atoms with Crippen LogP contribution in [0.5, 0.6) is 0 Å². The van der Waals surface area contributed by atoms with E-state index in [1.54, 1.807) is 0 Å². The molecule has 7 nitrogen and oxygen atoms in total. The third-order valence-electron chi connectivity index (χ3n) is 7.77. The van der Waals surface area contributed by atoms with Gasteiger partial charge >= 0.3 is 0 Å². The minimum atomic E-state index is -3.83. The average Bonchev–Trinajstić information content (AvgIpc) is 3.31. The van der Waals surface area contributed by atoms with E-state index in [2.05, 4.69) is 15.5 Å². The van der Waals surface area contributed by atoms with Crippen molar-refractivity contribution in [2.75, 3.05) is 9.62 Å². The number of anilines is 2. The molecule has 7 rings (SSSR count). The molecule has 1 N–H and O–H groups in total. The van der Waals surface area contributed by atoms with Crippen molar-refractivity contribution >= 4 is 38.1 Å². The van der Waals surface area contributed by atoms with Crippen molar-refractivity contribution in [2.45, 2.75) is 62.3 Å². The Bertz CT molecular complexity index is 1120. The van der Waals surface area contributed by atoms with Crippen LogP contribution in [0, 0.1) is 23.2 Å². The number of carbonyl (C=O) groups excluding carboxylic acids is 1. The number of hydrogen-bond donors (Lipinski definition) is 1. The highest BCUT2D eigenvalue weighted by Crippen LogP contribution is 2.60. The highest BCUT2D eigenvalue weighted by atomic mass is 32.2. The fourth-order valence-electron chi connectivity index (χ4n) is 6.97. The molecule has 1 aromatic carbocycles. The van der Waals surface area contributed by atoms with E-state index in [0.29, 0.717) is 29.9 Å². The highest BCUT2D eigenvalue weighted by Gasteiger charge is 2.54. The van der Waals surface area contributed by atoms with Crippen molar-refractivity contribution in [3.63, 3.8) is 0 Å². The summed E-state index contributed by atoms with van der Waals surface area (Å²) in [4.78, 5) is 13.3. The standard InChI is InChI=1S/C22H26N4O3S2/c1-13-6-17-4-2-3-5-18(17)26(13)31(28,29)21-25-24-20(30-21)23-19(27)22-10-14-7-15(11-22)9-16(8-14)12-22/h2-5,13-16H,6-12H2,1H3,(H,23,24,27)/t13-,14?,15?,16?,22?/m0/s1. The van der Waals surface area contributed by atoms with E-state index in [1.165, 1.54) is 23.6 Å². The lowest BCUT2D eigenvalue weighted by Gasteiger charge is -2.55. The maximum Gasteiger partial charge on any atom is 0.293 e. The van der Waals surface area contributed by atoms with Crippen molar-refractivity contribution in [1.29, 1.82) is 0 Å². The molecule has 1 aromatic heterocycles. The summed E-state index contributed by atoms with van der Waals surface area (Å²) in [5.74, 6) is 2.00. The molecule has 0 spiro atoms. The van der Waals surface area contributed by atoms with E-state index in [9.17, 15) is 13.2 Å². The third kappa shape index (κ3) is 3.03. The zero-order valence-electron chi connectivity index (χ0n) is 17.5. The predicted octanol–water partition coefficient (Wildman–Crippen LogP) is 3.83. The molecule has 5 aliphatic rings. The van der Waals surface area contributed by atoms with Gasteiger partial charge in [0.15, 0.2) is 0 Å². The normalized spacial score (nSPS) is 33.5. The largest absolute Gasteiger partial charge is 0.300 e. The average molecular weight is 459 g/mol. The van der Waals surface area contributed by atoms with Gasteiger partial charge in [-0.15, -0.1) is 10.2 Å². The summed E-state index contributed by atoms with van der Waals surface area (Å²) in [6.45, 7) is 1.90. The molecular weight excluding hydrogens is 432 g/mol. The molecule has 2 heterocycles. The Hall–Kier alpha value is -2.00. The minimum Gasteiger partial charge on any atom is -0.300 e. The van der Waals surface area contributed by atoms with Crippen LogP contribution in [-0.2, 0) is 21.2 Å². The number of amides is 1. The molecule has 4 fully saturated rings. The number of nitrogens with zero attached hydrogens (tertiary/aromatic N) is 3. The van der Waals surface area contributed by atoms with E-state index < -0.39 is 10.0 Å². The lowest BCUT2D eigenvalue weighted by molar-refractivity contribution is -0.140. The molecule has 4 saturated carbocycles. The molecule has 0 saturated heterocycles. The molecule has 9 heteroatoms. The van der Waals surface area contributed by atoms with Crippen LogP contribution in [-0.4, -0.2) is 30.6 Å². The summed E-state index contributed by atoms with van der Waals surface area (Å²) in [5, 5.41) is 11.2. The number of sulfonamides is 1. The molecule has 1 aliphatic heterocycles. The Labute approximate surface area is 186 Å². The van der Waals surface area contributed by atoms with Crippen LogP contribution in [0.3, 0.4) is 0 Å². The van der Waals surface area contributed by atoms with Crippen LogP contribution >= 0.6 is 11.3 Å². The first-order chi connectivity index (χ1) is 14.8. The summed E-state index contributed by atoms with van der Waals surface area (Å²) in [6.07, 6.45) is 7.34.